The first-order valence-corrected chi connectivity index (χ1v) is 11.1. The number of rotatable bonds is 9. The molecule has 0 saturated carbocycles. The lowest BCUT2D eigenvalue weighted by molar-refractivity contribution is -0.117. The number of anilines is 2. The van der Waals surface area contributed by atoms with E-state index in [-0.39, 0.29) is 34.8 Å². The molecule has 0 radical (unpaired) electrons. The number of hydrogen-bond acceptors (Lipinski definition) is 7. The molecular weight excluding hydrogens is 440 g/mol. The predicted octanol–water partition coefficient (Wildman–Crippen LogP) is 0.0937. The zero-order valence-corrected chi connectivity index (χ0v) is 19.6. The Hall–Kier alpha value is -3.86. The number of amides is 2. The molecule has 1 aromatic carbocycles. The molecule has 0 aliphatic heterocycles. The van der Waals surface area contributed by atoms with Crippen molar-refractivity contribution in [2.24, 2.45) is 0 Å². The third-order valence-electron chi connectivity index (χ3n) is 4.60. The van der Waals surface area contributed by atoms with E-state index in [0.29, 0.717) is 22.5 Å². The summed E-state index contributed by atoms with van der Waals surface area (Å²) in [5.74, 6) is 1.52. The van der Waals surface area contributed by atoms with E-state index >= 15 is 0 Å². The second-order valence-electron chi connectivity index (χ2n) is 6.94. The van der Waals surface area contributed by atoms with Gasteiger partial charge in [0.2, 0.25) is 5.91 Å². The summed E-state index contributed by atoms with van der Waals surface area (Å²) in [4.78, 5) is 39.1. The van der Waals surface area contributed by atoms with Crippen LogP contribution in [0.2, 0.25) is 0 Å². The molecule has 10 heteroatoms. The van der Waals surface area contributed by atoms with Crippen molar-refractivity contribution in [3.8, 4) is 18.4 Å². The number of nitrogens with one attached hydrogen (secondary N) is 3. The molecule has 0 fully saturated rings. The Labute approximate surface area is 196 Å². The first-order chi connectivity index (χ1) is 15.8. The predicted molar refractivity (Wildman–Crippen MR) is 131 cm³/mol. The fourth-order valence-electron chi connectivity index (χ4n) is 2.80. The van der Waals surface area contributed by atoms with E-state index in [2.05, 4.69) is 21.9 Å². The van der Waals surface area contributed by atoms with Gasteiger partial charge in [0, 0.05) is 24.1 Å². The van der Waals surface area contributed by atoms with Crippen LogP contribution >= 0.6 is 11.3 Å². The highest BCUT2D eigenvalue weighted by Gasteiger charge is 2.14. The number of terminal acetylenes is 1. The summed E-state index contributed by atoms with van der Waals surface area (Å²) < 4.78 is 1.95. The van der Waals surface area contributed by atoms with E-state index in [0.717, 1.165) is 17.9 Å². The Bertz CT molecular complexity index is 1280. The summed E-state index contributed by atoms with van der Waals surface area (Å²) in [6, 6.07) is 8.94. The molecule has 0 aliphatic carbocycles. The van der Waals surface area contributed by atoms with Crippen molar-refractivity contribution in [3.05, 3.63) is 43.8 Å². The van der Waals surface area contributed by atoms with Gasteiger partial charge in [-0.1, -0.05) is 18.9 Å². The van der Waals surface area contributed by atoms with Crippen molar-refractivity contribution >= 4 is 46.3 Å². The van der Waals surface area contributed by atoms with Gasteiger partial charge in [0.15, 0.2) is 5.57 Å². The lowest BCUT2D eigenvalue weighted by Crippen LogP contribution is -2.34. The van der Waals surface area contributed by atoms with Crippen LogP contribution in [0.1, 0.15) is 13.8 Å². The number of likely N-dealkylation sites (N-methyl/N-ethyl adjacent to an activating group) is 1. The van der Waals surface area contributed by atoms with Crippen LogP contribution in [0.15, 0.2) is 29.1 Å². The summed E-state index contributed by atoms with van der Waals surface area (Å²) in [6.45, 7) is 5.04. The largest absolute Gasteiger partial charge is 0.360 e. The zero-order chi connectivity index (χ0) is 24.4. The molecule has 0 unspecified atom stereocenters. The number of carbonyl (C=O) groups excluding carboxylic acids is 2. The van der Waals surface area contributed by atoms with Gasteiger partial charge in [0.25, 0.3) is 11.5 Å². The zero-order valence-electron chi connectivity index (χ0n) is 18.8. The summed E-state index contributed by atoms with van der Waals surface area (Å²) in [7, 11) is 1.86. The molecule has 1 heterocycles. The van der Waals surface area contributed by atoms with E-state index < -0.39 is 5.91 Å². The number of hydrogen-bond donors (Lipinski definition) is 3. The summed E-state index contributed by atoms with van der Waals surface area (Å²) in [5.41, 5.74) is 0.779. The molecule has 2 aromatic rings. The van der Waals surface area contributed by atoms with Crippen LogP contribution in [-0.4, -0.2) is 48.0 Å². The molecule has 0 bridgehead atoms. The normalized spacial score (nSPS) is 12.0. The molecule has 3 N–H and O–H groups in total. The minimum Gasteiger partial charge on any atom is -0.360 e. The van der Waals surface area contributed by atoms with Gasteiger partial charge < -0.3 is 16.0 Å². The Balaban J connectivity index is 2.35. The third-order valence-corrected chi connectivity index (χ3v) is 5.73. The van der Waals surface area contributed by atoms with Gasteiger partial charge in [-0.25, -0.2) is 0 Å². The number of thiazole rings is 1. The molecular formula is C23H26N6O3S. The molecule has 2 rings (SSSR count). The Morgan fingerprint density at radius 3 is 2.67 bits per heavy atom. The SMILES string of the molecule is C#CCNC(=O)C(C#N)=c1sc(=CNc2cccc(NC(=O)CN(C)CC)c2)c(=O)n1CC. The fourth-order valence-corrected chi connectivity index (χ4v) is 3.89. The minimum absolute atomic E-state index is 0.0199. The Morgan fingerprint density at radius 1 is 1.30 bits per heavy atom. The summed E-state index contributed by atoms with van der Waals surface area (Å²) in [6.07, 6.45) is 6.67. The average molecular weight is 467 g/mol. The van der Waals surface area contributed by atoms with Crippen molar-refractivity contribution < 1.29 is 9.59 Å². The van der Waals surface area contributed by atoms with E-state index in [1.165, 1.54) is 10.8 Å². The van der Waals surface area contributed by atoms with E-state index in [1.54, 1.807) is 31.2 Å². The van der Waals surface area contributed by atoms with Gasteiger partial charge >= 0.3 is 0 Å². The molecule has 0 saturated heterocycles. The maximum atomic E-state index is 12.8. The molecule has 0 atom stereocenters. The maximum Gasteiger partial charge on any atom is 0.270 e. The van der Waals surface area contributed by atoms with Crippen molar-refractivity contribution in [2.45, 2.75) is 20.4 Å². The van der Waals surface area contributed by atoms with Gasteiger partial charge in [-0.2, -0.15) is 5.26 Å². The van der Waals surface area contributed by atoms with Crippen molar-refractivity contribution in [1.29, 1.82) is 5.26 Å². The van der Waals surface area contributed by atoms with Gasteiger partial charge in [0.1, 0.15) is 15.3 Å². The summed E-state index contributed by atoms with van der Waals surface area (Å²) in [5, 5.41) is 17.8. The van der Waals surface area contributed by atoms with Crippen LogP contribution in [0.4, 0.5) is 11.4 Å². The highest BCUT2D eigenvalue weighted by atomic mass is 32.1. The lowest BCUT2D eigenvalue weighted by atomic mass is 10.2. The van der Waals surface area contributed by atoms with Crippen LogP contribution in [0.3, 0.4) is 0 Å². The minimum atomic E-state index is -0.629. The maximum absolute atomic E-state index is 12.8. The Kier molecular flexibility index (Phi) is 9.43. The second-order valence-corrected chi connectivity index (χ2v) is 7.97. The summed E-state index contributed by atoms with van der Waals surface area (Å²) >= 11 is 1.03. The van der Waals surface area contributed by atoms with Crippen molar-refractivity contribution in [2.75, 3.05) is 37.3 Å². The first kappa shape index (κ1) is 25.4. The van der Waals surface area contributed by atoms with Gasteiger partial charge in [0.05, 0.1) is 13.1 Å². The van der Waals surface area contributed by atoms with Crippen molar-refractivity contribution in [3.63, 3.8) is 0 Å². The first-order valence-electron chi connectivity index (χ1n) is 10.2. The topological polar surface area (TPSA) is 119 Å². The molecule has 0 spiro atoms. The standard InChI is InChI=1S/C23H26N6O3S/c1-5-11-25-21(31)18(13-24)23-29(7-3)22(32)19(33-23)14-26-16-9-8-10-17(12-16)27-20(30)15-28(4)6-2/h1,8-10,12,14,26H,6-7,11,15H2,2-4H3,(H,25,31)(H,27,30). The van der Waals surface area contributed by atoms with Crippen LogP contribution in [0, 0.1) is 23.7 Å². The molecule has 9 nitrogen and oxygen atoms in total. The number of nitrogens with zero attached hydrogens (tertiary/aromatic N) is 3. The highest BCUT2D eigenvalue weighted by Crippen LogP contribution is 2.15. The van der Waals surface area contributed by atoms with E-state index in [1.807, 2.05) is 24.9 Å². The quantitative estimate of drug-likeness (QED) is 0.451. The fraction of sp³-hybridized carbons (Fsp3) is 0.304. The molecule has 33 heavy (non-hydrogen) atoms. The van der Waals surface area contributed by atoms with Crippen LogP contribution < -0.4 is 30.7 Å². The van der Waals surface area contributed by atoms with Crippen LogP contribution in [-0.2, 0) is 16.1 Å². The monoisotopic (exact) mass is 466 g/mol. The van der Waals surface area contributed by atoms with Crippen LogP contribution in [0.5, 0.6) is 0 Å². The van der Waals surface area contributed by atoms with Gasteiger partial charge in [-0.05, 0) is 38.7 Å². The molecule has 1 aromatic heterocycles. The van der Waals surface area contributed by atoms with Crippen LogP contribution in [0.25, 0.3) is 11.8 Å². The second kappa shape index (κ2) is 12.2. The number of aromatic nitrogens is 1. The number of benzene rings is 1. The average Bonchev–Trinajstić information content (AvgIpc) is 3.11. The number of nitriles is 1. The number of carbonyl (C=O) groups is 2. The van der Waals surface area contributed by atoms with E-state index in [9.17, 15) is 19.6 Å². The van der Waals surface area contributed by atoms with Crippen molar-refractivity contribution in [1.82, 2.24) is 14.8 Å². The lowest BCUT2D eigenvalue weighted by Gasteiger charge is -2.13. The molecule has 172 valence electrons. The smallest absolute Gasteiger partial charge is 0.270 e. The van der Waals surface area contributed by atoms with E-state index in [4.69, 9.17) is 6.42 Å². The van der Waals surface area contributed by atoms with Gasteiger partial charge in [-0.15, -0.1) is 17.8 Å². The Morgan fingerprint density at radius 2 is 2.03 bits per heavy atom. The highest BCUT2D eigenvalue weighted by molar-refractivity contribution is 7.07. The van der Waals surface area contributed by atoms with Gasteiger partial charge in [-0.3, -0.25) is 23.9 Å². The third kappa shape index (κ3) is 6.81. The molecule has 2 amide bonds. The molecule has 0 aliphatic rings.